The summed E-state index contributed by atoms with van der Waals surface area (Å²) in [6.07, 6.45) is 1.67. The Hall–Kier alpha value is -2.26. The van der Waals surface area contributed by atoms with E-state index in [0.29, 0.717) is 12.1 Å². The molecule has 1 aromatic rings. The number of hydrogen-bond acceptors (Lipinski definition) is 3. The number of anilines is 1. The molecule has 1 atom stereocenters. The third-order valence-corrected chi connectivity index (χ3v) is 5.48. The summed E-state index contributed by atoms with van der Waals surface area (Å²) in [6.45, 7) is 7.91. The van der Waals surface area contributed by atoms with Crippen LogP contribution in [-0.4, -0.2) is 24.4 Å². The second-order valence-corrected chi connectivity index (χ2v) is 8.22. The van der Waals surface area contributed by atoms with Gasteiger partial charge in [-0.25, -0.2) is 4.79 Å². The van der Waals surface area contributed by atoms with Gasteiger partial charge in [0.25, 0.3) is 0 Å². The number of benzene rings is 1. The van der Waals surface area contributed by atoms with Gasteiger partial charge >= 0.3 is 19.3 Å². The van der Waals surface area contributed by atoms with E-state index >= 15 is 0 Å². The summed E-state index contributed by atoms with van der Waals surface area (Å²) in [5.41, 5.74) is -0.726. The van der Waals surface area contributed by atoms with Gasteiger partial charge in [-0.15, -0.1) is 0 Å². The highest BCUT2D eigenvalue weighted by Gasteiger charge is 2.53. The van der Waals surface area contributed by atoms with E-state index in [1.807, 2.05) is 39.8 Å². The van der Waals surface area contributed by atoms with Crippen molar-refractivity contribution in [2.24, 2.45) is 0 Å². The van der Waals surface area contributed by atoms with E-state index in [4.69, 9.17) is 9.31 Å². The molecule has 3 rings (SSSR count). The average Bonchev–Trinajstić information content (AvgIpc) is 2.82. The smallest absolute Gasteiger partial charge is 0.403 e. The number of amides is 2. The molecule has 0 spiro atoms. The number of nitrogens with one attached hydrogen (secondary N) is 2. The topological polar surface area (TPSA) is 59.6 Å². The third-order valence-electron chi connectivity index (χ3n) is 5.48. The van der Waals surface area contributed by atoms with E-state index in [9.17, 15) is 18.0 Å². The minimum Gasteiger partial charge on any atom is -0.403 e. The quantitative estimate of drug-likeness (QED) is 0.682. The lowest BCUT2D eigenvalue weighted by Crippen LogP contribution is -2.41. The summed E-state index contributed by atoms with van der Waals surface area (Å²) in [6, 6.07) is 3.74. The summed E-state index contributed by atoms with van der Waals surface area (Å²) in [5, 5.41) is 5.27. The molecule has 1 aliphatic heterocycles. The van der Waals surface area contributed by atoms with Gasteiger partial charge in [0.15, 0.2) is 0 Å². The van der Waals surface area contributed by atoms with Crippen molar-refractivity contribution in [3.8, 4) is 0 Å². The van der Waals surface area contributed by atoms with Crippen LogP contribution in [0.15, 0.2) is 48.2 Å². The van der Waals surface area contributed by atoms with Crippen LogP contribution in [0.4, 0.5) is 23.7 Å². The fourth-order valence-electron chi connectivity index (χ4n) is 3.10. The number of rotatable bonds is 3. The van der Waals surface area contributed by atoms with E-state index in [-0.39, 0.29) is 11.5 Å². The molecule has 2 amide bonds. The fraction of sp³-hybridized carbons (Fsp3) is 0.450. The Bertz CT molecular complexity index is 816. The molecule has 1 saturated heterocycles. The van der Waals surface area contributed by atoms with E-state index in [1.165, 1.54) is 12.1 Å². The van der Waals surface area contributed by atoms with Crippen LogP contribution in [0.25, 0.3) is 0 Å². The first-order chi connectivity index (χ1) is 13.4. The van der Waals surface area contributed by atoms with Gasteiger partial charge in [0.2, 0.25) is 0 Å². The normalized spacial score (nSPS) is 22.9. The number of halogens is 3. The molecule has 1 aliphatic carbocycles. The van der Waals surface area contributed by atoms with Crippen LogP contribution in [0.3, 0.4) is 0 Å². The molecular weight excluding hydrogens is 384 g/mol. The second-order valence-electron chi connectivity index (χ2n) is 8.22. The summed E-state index contributed by atoms with van der Waals surface area (Å²) in [7, 11) is -0.431. The van der Waals surface area contributed by atoms with Crippen molar-refractivity contribution < 1.29 is 27.3 Å². The Balaban J connectivity index is 1.56. The van der Waals surface area contributed by atoms with Crippen LogP contribution in [0.5, 0.6) is 0 Å². The molecule has 0 radical (unpaired) electrons. The summed E-state index contributed by atoms with van der Waals surface area (Å²) >= 11 is 0. The highest BCUT2D eigenvalue weighted by atomic mass is 19.4. The van der Waals surface area contributed by atoms with Crippen LogP contribution in [0.1, 0.15) is 39.7 Å². The highest BCUT2D eigenvalue weighted by molar-refractivity contribution is 6.48. The Kier molecular flexibility index (Phi) is 5.57. The van der Waals surface area contributed by atoms with Gasteiger partial charge in [-0.2, -0.15) is 13.2 Å². The average molecular weight is 408 g/mol. The lowest BCUT2D eigenvalue weighted by Gasteiger charge is -2.32. The maximum Gasteiger partial charge on any atom is 0.465 e. The number of alkyl halides is 3. The summed E-state index contributed by atoms with van der Waals surface area (Å²) < 4.78 is 50.0. The minimum absolute atomic E-state index is 0.0672. The molecule has 0 bridgehead atoms. The van der Waals surface area contributed by atoms with Crippen LogP contribution in [0, 0.1) is 0 Å². The number of urea groups is 1. The largest absolute Gasteiger partial charge is 0.465 e. The highest BCUT2D eigenvalue weighted by Crippen LogP contribution is 2.42. The zero-order valence-corrected chi connectivity index (χ0v) is 16.8. The molecule has 156 valence electrons. The standard InChI is InChI=1S/C20H24BF3N2O3/c1-18(2)19(3,4)29-21(28-18)14-6-5-7-16(12-14)26-17(27)25-15-10-8-13(9-11-15)20(22,23)24/h5-11,14H,12H2,1-4H3,(H2,25,26,27). The van der Waals surface area contributed by atoms with Gasteiger partial charge in [-0.05, 0) is 64.5 Å². The van der Waals surface area contributed by atoms with Gasteiger partial charge in [-0.3, -0.25) is 0 Å². The van der Waals surface area contributed by atoms with Crippen molar-refractivity contribution in [1.82, 2.24) is 5.32 Å². The van der Waals surface area contributed by atoms with Gasteiger partial charge in [0.05, 0.1) is 16.8 Å². The molecule has 0 aromatic heterocycles. The van der Waals surface area contributed by atoms with E-state index in [1.54, 1.807) is 6.08 Å². The molecule has 29 heavy (non-hydrogen) atoms. The van der Waals surface area contributed by atoms with Crippen molar-refractivity contribution in [2.75, 3.05) is 5.32 Å². The molecule has 1 heterocycles. The SMILES string of the molecule is CC1(C)OB(C2C=CC=C(NC(=O)Nc3ccc(C(F)(F)F)cc3)C2)OC1(C)C. The fourth-order valence-corrected chi connectivity index (χ4v) is 3.10. The number of hydrogen-bond donors (Lipinski definition) is 2. The Morgan fingerprint density at radius 3 is 2.21 bits per heavy atom. The second kappa shape index (κ2) is 7.53. The van der Waals surface area contributed by atoms with E-state index in [0.717, 1.165) is 12.1 Å². The molecular formula is C20H24BF3N2O3. The van der Waals surface area contributed by atoms with Crippen LogP contribution >= 0.6 is 0 Å². The summed E-state index contributed by atoms with van der Waals surface area (Å²) in [4.78, 5) is 12.2. The van der Waals surface area contributed by atoms with Gasteiger partial charge < -0.3 is 19.9 Å². The first-order valence-electron chi connectivity index (χ1n) is 9.36. The number of carbonyl (C=O) groups is 1. The Morgan fingerprint density at radius 1 is 1.07 bits per heavy atom. The number of carbonyl (C=O) groups excluding carboxylic acids is 1. The molecule has 2 N–H and O–H groups in total. The maximum atomic E-state index is 12.6. The molecule has 9 heteroatoms. The zero-order chi connectivity index (χ0) is 21.4. The maximum absolute atomic E-state index is 12.6. The van der Waals surface area contributed by atoms with Crippen molar-refractivity contribution in [1.29, 1.82) is 0 Å². The van der Waals surface area contributed by atoms with Crippen LogP contribution < -0.4 is 10.6 Å². The predicted octanol–water partition coefficient (Wildman–Crippen LogP) is 5.13. The van der Waals surface area contributed by atoms with Gasteiger partial charge in [0, 0.05) is 17.2 Å². The lowest BCUT2D eigenvalue weighted by molar-refractivity contribution is -0.137. The first-order valence-corrected chi connectivity index (χ1v) is 9.36. The van der Waals surface area contributed by atoms with Crippen molar-refractivity contribution in [3.05, 3.63) is 53.8 Å². The van der Waals surface area contributed by atoms with Crippen LogP contribution in [-0.2, 0) is 15.5 Å². The third kappa shape index (κ3) is 4.84. The van der Waals surface area contributed by atoms with E-state index in [2.05, 4.69) is 10.6 Å². The molecule has 1 aromatic carbocycles. The van der Waals surface area contributed by atoms with Crippen LogP contribution in [0.2, 0.25) is 5.82 Å². The van der Waals surface area contributed by atoms with Gasteiger partial charge in [-0.1, -0.05) is 12.2 Å². The zero-order valence-electron chi connectivity index (χ0n) is 16.8. The van der Waals surface area contributed by atoms with Crippen molar-refractivity contribution in [3.63, 3.8) is 0 Å². The molecule has 2 aliphatic rings. The minimum atomic E-state index is -4.41. The molecule has 0 saturated carbocycles. The predicted molar refractivity (Wildman–Crippen MR) is 105 cm³/mol. The lowest BCUT2D eigenvalue weighted by atomic mass is 9.68. The first kappa shape index (κ1) is 21.5. The van der Waals surface area contributed by atoms with Crippen molar-refractivity contribution >= 4 is 18.8 Å². The molecule has 5 nitrogen and oxygen atoms in total. The Morgan fingerprint density at radius 2 is 1.66 bits per heavy atom. The van der Waals surface area contributed by atoms with Gasteiger partial charge in [0.1, 0.15) is 0 Å². The molecule has 1 fully saturated rings. The van der Waals surface area contributed by atoms with E-state index < -0.39 is 36.1 Å². The van der Waals surface area contributed by atoms with Crippen molar-refractivity contribution in [2.45, 2.75) is 57.3 Å². The summed E-state index contributed by atoms with van der Waals surface area (Å²) in [5.74, 6) is -0.0672. The monoisotopic (exact) mass is 408 g/mol. The Labute approximate surface area is 168 Å². The number of allylic oxidation sites excluding steroid dienone is 4. The molecule has 1 unspecified atom stereocenters.